The highest BCUT2D eigenvalue weighted by Gasteiger charge is 2.31. The molecule has 0 saturated heterocycles. The molecule has 2 amide bonds. The summed E-state index contributed by atoms with van der Waals surface area (Å²) < 4.78 is 45.7. The maximum absolute atomic E-state index is 12.1. The first-order valence-electron chi connectivity index (χ1n) is 7.53. The molecule has 5 nitrogen and oxygen atoms in total. The van der Waals surface area contributed by atoms with Gasteiger partial charge in [-0.05, 0) is 42.3 Å². The van der Waals surface area contributed by atoms with Gasteiger partial charge < -0.3 is 20.1 Å². The summed E-state index contributed by atoms with van der Waals surface area (Å²) >= 11 is 0. The molecule has 1 aliphatic rings. The molecule has 1 aliphatic heterocycles. The van der Waals surface area contributed by atoms with Crippen LogP contribution >= 0.6 is 0 Å². The maximum atomic E-state index is 12.1. The van der Waals surface area contributed by atoms with Crippen molar-refractivity contribution in [1.82, 2.24) is 5.32 Å². The van der Waals surface area contributed by atoms with Crippen LogP contribution in [-0.4, -0.2) is 25.0 Å². The van der Waals surface area contributed by atoms with E-state index in [0.717, 1.165) is 23.4 Å². The summed E-state index contributed by atoms with van der Waals surface area (Å²) in [6, 6.07) is 11.8. The van der Waals surface area contributed by atoms with Crippen LogP contribution in [-0.2, 0) is 6.42 Å². The third-order valence-corrected chi connectivity index (χ3v) is 3.56. The number of amides is 2. The van der Waals surface area contributed by atoms with Gasteiger partial charge in [0.25, 0.3) is 0 Å². The lowest BCUT2D eigenvalue weighted by Gasteiger charge is -2.26. The molecule has 0 unspecified atom stereocenters. The van der Waals surface area contributed by atoms with Crippen molar-refractivity contribution in [3.63, 3.8) is 0 Å². The number of hydrogen-bond acceptors (Lipinski definition) is 3. The van der Waals surface area contributed by atoms with Gasteiger partial charge in [-0.1, -0.05) is 18.2 Å². The van der Waals surface area contributed by atoms with Crippen LogP contribution in [0.5, 0.6) is 11.5 Å². The molecule has 1 heterocycles. The van der Waals surface area contributed by atoms with Crippen molar-refractivity contribution in [2.45, 2.75) is 18.8 Å². The Labute approximate surface area is 141 Å². The van der Waals surface area contributed by atoms with Gasteiger partial charge in [0, 0.05) is 5.69 Å². The number of halogens is 3. The highest BCUT2D eigenvalue weighted by atomic mass is 19.4. The Bertz CT molecular complexity index is 748. The van der Waals surface area contributed by atoms with E-state index in [1.165, 1.54) is 12.1 Å². The fourth-order valence-electron chi connectivity index (χ4n) is 2.51. The molecule has 25 heavy (non-hydrogen) atoms. The average molecular weight is 352 g/mol. The van der Waals surface area contributed by atoms with Gasteiger partial charge in [0.05, 0.1) is 6.04 Å². The molecule has 8 heteroatoms. The van der Waals surface area contributed by atoms with Crippen LogP contribution in [0, 0.1) is 0 Å². The first-order chi connectivity index (χ1) is 11.9. The van der Waals surface area contributed by atoms with E-state index in [9.17, 15) is 18.0 Å². The van der Waals surface area contributed by atoms with E-state index in [0.29, 0.717) is 18.7 Å². The largest absolute Gasteiger partial charge is 0.573 e. The van der Waals surface area contributed by atoms with Crippen molar-refractivity contribution in [3.05, 3.63) is 54.1 Å². The zero-order chi connectivity index (χ0) is 17.9. The number of anilines is 1. The van der Waals surface area contributed by atoms with Gasteiger partial charge in [-0.25, -0.2) is 4.79 Å². The Kier molecular flexibility index (Phi) is 4.69. The zero-order valence-electron chi connectivity index (χ0n) is 13.0. The molecule has 0 aliphatic carbocycles. The minimum absolute atomic E-state index is 0.192. The molecular weight excluding hydrogens is 337 g/mol. The van der Waals surface area contributed by atoms with Crippen molar-refractivity contribution < 1.29 is 27.4 Å². The second-order valence-electron chi connectivity index (χ2n) is 5.49. The van der Waals surface area contributed by atoms with Crippen LogP contribution in [0.4, 0.5) is 23.7 Å². The lowest BCUT2D eigenvalue weighted by atomic mass is 10.0. The number of benzene rings is 2. The maximum Gasteiger partial charge on any atom is 0.573 e. The number of ether oxygens (including phenoxy) is 2. The molecule has 0 spiro atoms. The summed E-state index contributed by atoms with van der Waals surface area (Å²) in [5.74, 6) is 0.456. The Hall–Kier alpha value is -2.90. The number of carbonyl (C=O) groups excluding carboxylic acids is 1. The molecule has 2 aromatic carbocycles. The quantitative estimate of drug-likeness (QED) is 0.885. The van der Waals surface area contributed by atoms with E-state index in [-0.39, 0.29) is 11.8 Å². The van der Waals surface area contributed by atoms with Crippen LogP contribution in [0.15, 0.2) is 48.5 Å². The fraction of sp³-hybridized carbons (Fsp3) is 0.235. The van der Waals surface area contributed by atoms with Gasteiger partial charge in [0.15, 0.2) is 0 Å². The third kappa shape index (κ3) is 4.79. The molecule has 2 aromatic rings. The van der Waals surface area contributed by atoms with Crippen LogP contribution in [0.1, 0.15) is 5.56 Å². The number of urea groups is 1. The lowest BCUT2D eigenvalue weighted by molar-refractivity contribution is -0.274. The SMILES string of the molecule is O=C(Nc1ccc(OC(F)(F)F)cc1)N[C@@H]1COc2ccccc2C1. The second kappa shape index (κ2) is 6.92. The molecule has 0 bridgehead atoms. The van der Waals surface area contributed by atoms with Gasteiger partial charge in [-0.2, -0.15) is 0 Å². The standard InChI is InChI=1S/C17H15F3N2O3/c18-17(19,20)25-14-7-5-12(6-8-14)21-16(23)22-13-9-11-3-1-2-4-15(11)24-10-13/h1-8,13H,9-10H2,(H2,21,22,23)/t13-/m0/s1. The van der Waals surface area contributed by atoms with Crippen molar-refractivity contribution >= 4 is 11.7 Å². The van der Waals surface area contributed by atoms with Gasteiger partial charge in [0.2, 0.25) is 0 Å². The monoisotopic (exact) mass is 352 g/mol. The number of para-hydroxylation sites is 1. The second-order valence-corrected chi connectivity index (χ2v) is 5.49. The number of nitrogens with one attached hydrogen (secondary N) is 2. The van der Waals surface area contributed by atoms with E-state index in [1.54, 1.807) is 0 Å². The molecule has 0 aromatic heterocycles. The highest BCUT2D eigenvalue weighted by molar-refractivity contribution is 5.89. The van der Waals surface area contributed by atoms with Crippen molar-refractivity contribution in [1.29, 1.82) is 0 Å². The third-order valence-electron chi connectivity index (χ3n) is 3.56. The van der Waals surface area contributed by atoms with Crippen molar-refractivity contribution in [3.8, 4) is 11.5 Å². The molecule has 0 fully saturated rings. The summed E-state index contributed by atoms with van der Waals surface area (Å²) in [5.41, 5.74) is 1.36. The Balaban J connectivity index is 1.53. The van der Waals surface area contributed by atoms with E-state index in [2.05, 4.69) is 15.4 Å². The predicted octanol–water partition coefficient (Wildman–Crippen LogP) is 3.71. The summed E-state index contributed by atoms with van der Waals surface area (Å²) in [5, 5.41) is 5.34. The van der Waals surface area contributed by atoms with E-state index in [1.807, 2.05) is 24.3 Å². The first kappa shape index (κ1) is 16.9. The van der Waals surface area contributed by atoms with E-state index >= 15 is 0 Å². The predicted molar refractivity (Wildman–Crippen MR) is 84.7 cm³/mol. The highest BCUT2D eigenvalue weighted by Crippen LogP contribution is 2.25. The molecule has 0 saturated carbocycles. The topological polar surface area (TPSA) is 59.6 Å². The van der Waals surface area contributed by atoms with Gasteiger partial charge in [-0.3, -0.25) is 0 Å². The molecule has 3 rings (SSSR count). The Morgan fingerprint density at radius 3 is 2.56 bits per heavy atom. The van der Waals surface area contributed by atoms with E-state index < -0.39 is 12.4 Å². The number of rotatable bonds is 3. The summed E-state index contributed by atoms with van der Waals surface area (Å²) in [4.78, 5) is 12.0. The van der Waals surface area contributed by atoms with Crippen LogP contribution in [0.3, 0.4) is 0 Å². The molecule has 1 atom stereocenters. The van der Waals surface area contributed by atoms with Crippen LogP contribution in [0.25, 0.3) is 0 Å². The van der Waals surface area contributed by atoms with Crippen molar-refractivity contribution in [2.75, 3.05) is 11.9 Å². The molecular formula is C17H15F3N2O3. The Morgan fingerprint density at radius 2 is 1.84 bits per heavy atom. The van der Waals surface area contributed by atoms with Gasteiger partial charge >= 0.3 is 12.4 Å². The number of alkyl halides is 3. The smallest absolute Gasteiger partial charge is 0.491 e. The molecule has 132 valence electrons. The number of carbonyl (C=O) groups is 1. The number of hydrogen-bond donors (Lipinski definition) is 2. The minimum atomic E-state index is -4.75. The van der Waals surface area contributed by atoms with Crippen LogP contribution in [0.2, 0.25) is 0 Å². The first-order valence-corrected chi connectivity index (χ1v) is 7.53. The number of fused-ring (bicyclic) bond motifs is 1. The zero-order valence-corrected chi connectivity index (χ0v) is 13.0. The summed E-state index contributed by atoms with van der Waals surface area (Å²) in [6.45, 7) is 0.350. The lowest BCUT2D eigenvalue weighted by Crippen LogP contribution is -2.44. The fourth-order valence-corrected chi connectivity index (χ4v) is 2.51. The van der Waals surface area contributed by atoms with E-state index in [4.69, 9.17) is 4.74 Å². The Morgan fingerprint density at radius 1 is 1.12 bits per heavy atom. The van der Waals surface area contributed by atoms with Crippen molar-refractivity contribution in [2.24, 2.45) is 0 Å². The van der Waals surface area contributed by atoms with Gasteiger partial charge in [0.1, 0.15) is 18.1 Å². The average Bonchev–Trinajstić information content (AvgIpc) is 2.55. The minimum Gasteiger partial charge on any atom is -0.491 e. The molecule has 0 radical (unpaired) electrons. The summed E-state index contributed by atoms with van der Waals surface area (Å²) in [6.07, 6.45) is -4.11. The normalized spacial score (nSPS) is 16.4. The van der Waals surface area contributed by atoms with Gasteiger partial charge in [-0.15, -0.1) is 13.2 Å². The summed E-state index contributed by atoms with van der Waals surface area (Å²) in [7, 11) is 0. The molecule has 2 N–H and O–H groups in total. The van der Waals surface area contributed by atoms with Crippen LogP contribution < -0.4 is 20.1 Å².